The van der Waals surface area contributed by atoms with Gasteiger partial charge in [0.25, 0.3) is 5.91 Å². The molecule has 2 aromatic rings. The molecule has 0 aromatic carbocycles. The van der Waals surface area contributed by atoms with Crippen molar-refractivity contribution < 1.29 is 4.79 Å². The monoisotopic (exact) mass is 279 g/mol. The Morgan fingerprint density at radius 1 is 1.38 bits per heavy atom. The van der Waals surface area contributed by atoms with E-state index in [9.17, 15) is 4.79 Å². The molecule has 106 valence electrons. The Bertz CT molecular complexity index is 755. The highest BCUT2D eigenvalue weighted by molar-refractivity contribution is 5.94. The van der Waals surface area contributed by atoms with Crippen LogP contribution in [0.25, 0.3) is 5.52 Å². The standard InChI is InChI=1S/C17H17N3O/c1-2-11-7-14-5-3-12(10-20(14)9-11)17(21)19-16-8-13-4-6-15(16)18-13/h1,3,5,7,9-10,13,15-16,18H,4,6,8H2,(H,19,21)/t13-,15+,16-/m1/s1. The number of carbonyl (C=O) groups is 1. The van der Waals surface area contributed by atoms with Crippen molar-refractivity contribution in [1.82, 2.24) is 15.0 Å². The van der Waals surface area contributed by atoms with E-state index in [4.69, 9.17) is 6.42 Å². The predicted molar refractivity (Wildman–Crippen MR) is 81.1 cm³/mol. The van der Waals surface area contributed by atoms with Crippen molar-refractivity contribution in [2.75, 3.05) is 0 Å². The van der Waals surface area contributed by atoms with Gasteiger partial charge in [0.15, 0.2) is 0 Å². The Hall–Kier alpha value is -2.25. The van der Waals surface area contributed by atoms with E-state index in [1.165, 1.54) is 6.42 Å². The van der Waals surface area contributed by atoms with Crippen LogP contribution in [0.5, 0.6) is 0 Å². The van der Waals surface area contributed by atoms with Gasteiger partial charge < -0.3 is 15.0 Å². The minimum absolute atomic E-state index is 0.00722. The Labute approximate surface area is 123 Å². The molecule has 21 heavy (non-hydrogen) atoms. The third-order valence-electron chi connectivity index (χ3n) is 4.64. The number of nitrogens with zero attached hydrogens (tertiary/aromatic N) is 1. The summed E-state index contributed by atoms with van der Waals surface area (Å²) in [5.41, 5.74) is 2.50. The summed E-state index contributed by atoms with van der Waals surface area (Å²) in [6.45, 7) is 0. The minimum atomic E-state index is -0.00722. The van der Waals surface area contributed by atoms with Gasteiger partial charge in [0.05, 0.1) is 5.56 Å². The van der Waals surface area contributed by atoms with Crippen molar-refractivity contribution in [2.24, 2.45) is 0 Å². The number of hydrogen-bond donors (Lipinski definition) is 2. The van der Waals surface area contributed by atoms with E-state index in [1.54, 1.807) is 0 Å². The average Bonchev–Trinajstić information content (AvgIpc) is 3.20. The highest BCUT2D eigenvalue weighted by Gasteiger charge is 2.39. The number of aromatic nitrogens is 1. The molecule has 4 heterocycles. The molecule has 2 aromatic heterocycles. The maximum absolute atomic E-state index is 12.4. The van der Waals surface area contributed by atoms with Gasteiger partial charge in [-0.25, -0.2) is 0 Å². The average molecular weight is 279 g/mol. The van der Waals surface area contributed by atoms with E-state index in [-0.39, 0.29) is 11.9 Å². The highest BCUT2D eigenvalue weighted by Crippen LogP contribution is 2.28. The van der Waals surface area contributed by atoms with Crippen molar-refractivity contribution in [3.63, 3.8) is 0 Å². The van der Waals surface area contributed by atoms with Crippen LogP contribution in [0.15, 0.2) is 30.6 Å². The van der Waals surface area contributed by atoms with E-state index in [1.807, 2.05) is 35.0 Å². The summed E-state index contributed by atoms with van der Waals surface area (Å²) in [6.07, 6.45) is 12.6. The molecular formula is C17H17N3O. The van der Waals surface area contributed by atoms with Crippen LogP contribution in [-0.2, 0) is 0 Å². The van der Waals surface area contributed by atoms with E-state index >= 15 is 0 Å². The van der Waals surface area contributed by atoms with E-state index in [2.05, 4.69) is 16.6 Å². The number of pyridine rings is 1. The first kappa shape index (κ1) is 12.5. The van der Waals surface area contributed by atoms with Crippen molar-refractivity contribution in [1.29, 1.82) is 0 Å². The summed E-state index contributed by atoms with van der Waals surface area (Å²) >= 11 is 0. The molecule has 0 unspecified atom stereocenters. The van der Waals surface area contributed by atoms with Gasteiger partial charge in [0.2, 0.25) is 0 Å². The summed E-state index contributed by atoms with van der Waals surface area (Å²) in [5, 5.41) is 6.69. The fraction of sp³-hybridized carbons (Fsp3) is 0.353. The molecular weight excluding hydrogens is 262 g/mol. The predicted octanol–water partition coefficient (Wildman–Crippen LogP) is 1.54. The van der Waals surface area contributed by atoms with E-state index in [0.717, 1.165) is 23.9 Å². The number of carbonyl (C=O) groups excluding carboxylic acids is 1. The molecule has 2 fully saturated rings. The third-order valence-corrected chi connectivity index (χ3v) is 4.64. The Balaban J connectivity index is 1.55. The molecule has 0 aliphatic carbocycles. The van der Waals surface area contributed by atoms with Crippen molar-refractivity contribution >= 4 is 11.4 Å². The maximum Gasteiger partial charge on any atom is 0.253 e. The number of hydrogen-bond acceptors (Lipinski definition) is 2. The number of fused-ring (bicyclic) bond motifs is 3. The van der Waals surface area contributed by atoms with Crippen LogP contribution in [0.2, 0.25) is 0 Å². The zero-order valence-electron chi connectivity index (χ0n) is 11.7. The van der Waals surface area contributed by atoms with Crippen LogP contribution >= 0.6 is 0 Å². The van der Waals surface area contributed by atoms with Gasteiger partial charge in [0, 0.05) is 41.6 Å². The highest BCUT2D eigenvalue weighted by atomic mass is 16.1. The van der Waals surface area contributed by atoms with Gasteiger partial charge in [-0.2, -0.15) is 0 Å². The number of rotatable bonds is 2. The molecule has 0 spiro atoms. The topological polar surface area (TPSA) is 45.5 Å². The second-order valence-electron chi connectivity index (χ2n) is 5.99. The van der Waals surface area contributed by atoms with E-state index in [0.29, 0.717) is 17.6 Å². The quantitative estimate of drug-likeness (QED) is 0.819. The van der Waals surface area contributed by atoms with E-state index < -0.39 is 0 Å². The van der Waals surface area contributed by atoms with Gasteiger partial charge in [-0.1, -0.05) is 5.92 Å². The summed E-state index contributed by atoms with van der Waals surface area (Å²) in [6, 6.07) is 7.01. The van der Waals surface area contributed by atoms with Gasteiger partial charge in [0.1, 0.15) is 0 Å². The van der Waals surface area contributed by atoms with Crippen LogP contribution in [0, 0.1) is 12.3 Å². The molecule has 1 amide bonds. The summed E-state index contributed by atoms with van der Waals surface area (Å²) in [7, 11) is 0. The number of nitrogens with one attached hydrogen (secondary N) is 2. The van der Waals surface area contributed by atoms with Gasteiger partial charge in [-0.3, -0.25) is 4.79 Å². The summed E-state index contributed by atoms with van der Waals surface area (Å²) < 4.78 is 1.91. The van der Waals surface area contributed by atoms with Crippen LogP contribution in [-0.4, -0.2) is 28.4 Å². The molecule has 4 heteroatoms. The lowest BCUT2D eigenvalue weighted by molar-refractivity contribution is 0.0930. The van der Waals surface area contributed by atoms with Crippen LogP contribution < -0.4 is 10.6 Å². The lowest BCUT2D eigenvalue weighted by Crippen LogP contribution is -2.42. The molecule has 2 aliphatic heterocycles. The van der Waals surface area contributed by atoms with Gasteiger partial charge in [-0.15, -0.1) is 6.42 Å². The van der Waals surface area contributed by atoms with Crippen LogP contribution in [0.3, 0.4) is 0 Å². The first-order chi connectivity index (χ1) is 10.2. The normalized spacial score (nSPS) is 26.9. The Kier molecular flexibility index (Phi) is 2.76. The maximum atomic E-state index is 12.4. The Morgan fingerprint density at radius 3 is 3.00 bits per heavy atom. The van der Waals surface area contributed by atoms with Crippen molar-refractivity contribution in [2.45, 2.75) is 37.4 Å². The lowest BCUT2D eigenvalue weighted by Gasteiger charge is -2.21. The summed E-state index contributed by atoms with van der Waals surface area (Å²) in [4.78, 5) is 12.4. The van der Waals surface area contributed by atoms with Crippen LogP contribution in [0.1, 0.15) is 35.2 Å². The molecule has 2 aliphatic rings. The zero-order chi connectivity index (χ0) is 14.4. The Morgan fingerprint density at radius 2 is 2.29 bits per heavy atom. The largest absolute Gasteiger partial charge is 0.348 e. The first-order valence-electron chi connectivity index (χ1n) is 7.38. The lowest BCUT2D eigenvalue weighted by atomic mass is 9.95. The fourth-order valence-electron chi connectivity index (χ4n) is 3.56. The smallest absolute Gasteiger partial charge is 0.253 e. The number of amides is 1. The van der Waals surface area contributed by atoms with Crippen LogP contribution in [0.4, 0.5) is 0 Å². The molecule has 2 N–H and O–H groups in total. The first-order valence-corrected chi connectivity index (χ1v) is 7.38. The number of terminal acetylenes is 1. The zero-order valence-corrected chi connectivity index (χ0v) is 11.7. The van der Waals surface area contributed by atoms with Gasteiger partial charge in [-0.05, 0) is 37.5 Å². The molecule has 4 rings (SSSR count). The third kappa shape index (κ3) is 2.10. The molecule has 0 saturated carbocycles. The van der Waals surface area contributed by atoms with Gasteiger partial charge >= 0.3 is 0 Å². The molecule has 0 radical (unpaired) electrons. The SMILES string of the molecule is C#Cc1cc2ccc(C(=O)N[C@@H]3C[C@H]4CC[C@@H]3N4)cn2c1. The second-order valence-corrected chi connectivity index (χ2v) is 5.99. The molecule has 4 nitrogen and oxygen atoms in total. The van der Waals surface area contributed by atoms with Crippen molar-refractivity contribution in [3.8, 4) is 12.3 Å². The second kappa shape index (κ2) is 4.64. The summed E-state index contributed by atoms with van der Waals surface area (Å²) in [5.74, 6) is 2.61. The van der Waals surface area contributed by atoms with Crippen molar-refractivity contribution in [3.05, 3.63) is 41.7 Å². The molecule has 2 saturated heterocycles. The fourth-order valence-corrected chi connectivity index (χ4v) is 3.56. The molecule has 3 atom stereocenters. The molecule has 2 bridgehead atoms. The minimum Gasteiger partial charge on any atom is -0.348 e.